The Kier molecular flexibility index (Phi) is 4.80. The summed E-state index contributed by atoms with van der Waals surface area (Å²) in [5.41, 5.74) is 4.45. The van der Waals surface area contributed by atoms with E-state index in [0.717, 1.165) is 12.0 Å². The second kappa shape index (κ2) is 7.43. The summed E-state index contributed by atoms with van der Waals surface area (Å²) in [5.74, 6) is 0.683. The van der Waals surface area contributed by atoms with E-state index in [1.165, 1.54) is 5.56 Å². The van der Waals surface area contributed by atoms with Crippen LogP contribution < -0.4 is 15.0 Å². The number of carbonyl (C=O) groups is 2. The average molecular weight is 386 g/mol. The number of hydrogen-bond acceptors (Lipinski definition) is 3. The number of aryl methyl sites for hydroxylation is 2. The van der Waals surface area contributed by atoms with Crippen molar-refractivity contribution in [3.8, 4) is 11.5 Å². The van der Waals surface area contributed by atoms with Crippen LogP contribution in [-0.4, -0.2) is 18.9 Å². The number of anilines is 2. The van der Waals surface area contributed by atoms with Gasteiger partial charge in [-0.2, -0.15) is 0 Å². The molecule has 1 heterocycles. The summed E-state index contributed by atoms with van der Waals surface area (Å²) in [5, 5.41) is 2.87. The lowest BCUT2D eigenvalue weighted by Crippen LogP contribution is -2.25. The molecule has 5 nitrogen and oxygen atoms in total. The van der Waals surface area contributed by atoms with Gasteiger partial charge in [0.05, 0.1) is 11.3 Å². The van der Waals surface area contributed by atoms with Crippen molar-refractivity contribution in [2.24, 2.45) is 0 Å². The van der Waals surface area contributed by atoms with Crippen LogP contribution in [0.25, 0.3) is 0 Å². The van der Waals surface area contributed by atoms with Gasteiger partial charge in [0.25, 0.3) is 11.8 Å². The summed E-state index contributed by atoms with van der Waals surface area (Å²) in [6.07, 6.45) is 0.921. The van der Waals surface area contributed by atoms with E-state index in [9.17, 15) is 9.59 Å². The van der Waals surface area contributed by atoms with Crippen LogP contribution >= 0.6 is 0 Å². The number of fused-ring (bicyclic) bond motifs is 2. The second-order valence-electron chi connectivity index (χ2n) is 7.15. The summed E-state index contributed by atoms with van der Waals surface area (Å²) in [6, 6.07) is 18.3. The Hall–Kier alpha value is -3.60. The number of amides is 2. The quantitative estimate of drug-likeness (QED) is 0.674. The van der Waals surface area contributed by atoms with Crippen molar-refractivity contribution in [1.82, 2.24) is 0 Å². The van der Waals surface area contributed by atoms with Gasteiger partial charge in [-0.25, -0.2) is 0 Å². The molecule has 0 bridgehead atoms. The van der Waals surface area contributed by atoms with Gasteiger partial charge in [-0.05, 0) is 66.9 Å². The molecule has 5 heteroatoms. The minimum atomic E-state index is -0.221. The van der Waals surface area contributed by atoms with Crippen molar-refractivity contribution in [2.45, 2.75) is 20.3 Å². The van der Waals surface area contributed by atoms with Gasteiger partial charge in [-0.15, -0.1) is 0 Å². The molecule has 1 aliphatic heterocycles. The third-order valence-corrected chi connectivity index (χ3v) is 5.09. The fraction of sp³-hybridized carbons (Fsp3) is 0.167. The van der Waals surface area contributed by atoms with Crippen LogP contribution in [-0.2, 0) is 6.42 Å². The largest absolute Gasteiger partial charge is 0.454 e. The Morgan fingerprint density at radius 1 is 1.00 bits per heavy atom. The van der Waals surface area contributed by atoms with Gasteiger partial charge in [0.2, 0.25) is 0 Å². The lowest BCUT2D eigenvalue weighted by atomic mass is 10.1. The Morgan fingerprint density at radius 2 is 1.72 bits per heavy atom. The average Bonchev–Trinajstić information content (AvgIpc) is 2.83. The van der Waals surface area contributed by atoms with Crippen LogP contribution in [0.3, 0.4) is 0 Å². The molecule has 146 valence electrons. The number of carbonyl (C=O) groups excluding carboxylic acids is 2. The third kappa shape index (κ3) is 3.59. The standard InChI is InChI=1S/C24H22N2O3/c1-4-16-6-8-17(9-7-16)23(27)25-18-10-12-21-19(14-18)24(28)26(3)20-13-15(2)5-11-22(20)29-21/h5-14H,4H2,1-3H3,(H,25,27). The first-order valence-electron chi connectivity index (χ1n) is 9.57. The van der Waals surface area contributed by atoms with Gasteiger partial charge in [-0.1, -0.05) is 25.1 Å². The molecule has 1 aliphatic rings. The van der Waals surface area contributed by atoms with Gasteiger partial charge in [0, 0.05) is 18.3 Å². The van der Waals surface area contributed by atoms with Crippen molar-refractivity contribution in [2.75, 3.05) is 17.3 Å². The molecule has 2 amide bonds. The molecule has 29 heavy (non-hydrogen) atoms. The highest BCUT2D eigenvalue weighted by Crippen LogP contribution is 2.39. The summed E-state index contributed by atoms with van der Waals surface area (Å²) in [7, 11) is 1.72. The molecular formula is C24H22N2O3. The first-order valence-corrected chi connectivity index (χ1v) is 9.57. The minimum absolute atomic E-state index is 0.187. The molecule has 3 aromatic rings. The number of hydrogen-bond donors (Lipinski definition) is 1. The van der Waals surface area contributed by atoms with Crippen LogP contribution in [0, 0.1) is 6.92 Å². The van der Waals surface area contributed by atoms with Crippen LogP contribution in [0.15, 0.2) is 60.7 Å². The van der Waals surface area contributed by atoms with Crippen LogP contribution in [0.2, 0.25) is 0 Å². The molecule has 0 radical (unpaired) electrons. The smallest absolute Gasteiger partial charge is 0.261 e. The van der Waals surface area contributed by atoms with Gasteiger partial charge >= 0.3 is 0 Å². The molecule has 0 spiro atoms. The van der Waals surface area contributed by atoms with Gasteiger partial charge in [0.1, 0.15) is 5.75 Å². The van der Waals surface area contributed by atoms with Crippen molar-refractivity contribution in [3.63, 3.8) is 0 Å². The molecule has 0 unspecified atom stereocenters. The predicted molar refractivity (Wildman–Crippen MR) is 114 cm³/mol. The van der Waals surface area contributed by atoms with Crippen molar-refractivity contribution < 1.29 is 14.3 Å². The van der Waals surface area contributed by atoms with Gasteiger partial charge in [0.15, 0.2) is 5.75 Å². The lowest BCUT2D eigenvalue weighted by Gasteiger charge is -2.16. The zero-order valence-electron chi connectivity index (χ0n) is 16.7. The van der Waals surface area contributed by atoms with E-state index in [1.807, 2.05) is 37.3 Å². The number of nitrogens with zero attached hydrogens (tertiary/aromatic N) is 1. The number of nitrogens with one attached hydrogen (secondary N) is 1. The number of ether oxygens (including phenoxy) is 1. The van der Waals surface area contributed by atoms with Gasteiger partial charge in [-0.3, -0.25) is 9.59 Å². The van der Waals surface area contributed by atoms with E-state index < -0.39 is 0 Å². The Bertz CT molecular complexity index is 1100. The maximum Gasteiger partial charge on any atom is 0.261 e. The summed E-state index contributed by atoms with van der Waals surface area (Å²) >= 11 is 0. The fourth-order valence-corrected chi connectivity index (χ4v) is 3.34. The highest BCUT2D eigenvalue weighted by Gasteiger charge is 2.26. The van der Waals surface area contributed by atoms with Crippen LogP contribution in [0.5, 0.6) is 11.5 Å². The molecule has 1 N–H and O–H groups in total. The molecule has 4 rings (SSSR count). The number of rotatable bonds is 3. The SMILES string of the molecule is CCc1ccc(C(=O)Nc2ccc3c(c2)C(=O)N(C)c2cc(C)ccc2O3)cc1. The Morgan fingerprint density at radius 3 is 2.45 bits per heavy atom. The minimum Gasteiger partial charge on any atom is -0.454 e. The Balaban J connectivity index is 1.63. The second-order valence-corrected chi connectivity index (χ2v) is 7.15. The molecule has 3 aromatic carbocycles. The Labute approximate surface area is 169 Å². The zero-order chi connectivity index (χ0) is 20.5. The topological polar surface area (TPSA) is 58.6 Å². The monoisotopic (exact) mass is 386 g/mol. The van der Waals surface area contributed by atoms with E-state index in [4.69, 9.17) is 4.74 Å². The summed E-state index contributed by atoms with van der Waals surface area (Å²) in [4.78, 5) is 27.2. The molecular weight excluding hydrogens is 364 g/mol. The summed E-state index contributed by atoms with van der Waals surface area (Å²) in [6.45, 7) is 4.04. The highest BCUT2D eigenvalue weighted by molar-refractivity contribution is 6.11. The molecule has 0 aliphatic carbocycles. The van der Waals surface area contributed by atoms with E-state index in [1.54, 1.807) is 42.3 Å². The van der Waals surface area contributed by atoms with Crippen molar-refractivity contribution >= 4 is 23.2 Å². The van der Waals surface area contributed by atoms with E-state index >= 15 is 0 Å². The van der Waals surface area contributed by atoms with E-state index in [2.05, 4.69) is 12.2 Å². The molecule has 0 saturated heterocycles. The van der Waals surface area contributed by atoms with Crippen molar-refractivity contribution in [1.29, 1.82) is 0 Å². The predicted octanol–water partition coefficient (Wildman–Crippen LogP) is 5.19. The van der Waals surface area contributed by atoms with Crippen molar-refractivity contribution in [3.05, 3.63) is 82.9 Å². The first-order chi connectivity index (χ1) is 14.0. The maximum atomic E-state index is 13.0. The fourth-order valence-electron chi connectivity index (χ4n) is 3.34. The number of benzene rings is 3. The summed E-state index contributed by atoms with van der Waals surface area (Å²) < 4.78 is 5.99. The maximum absolute atomic E-state index is 13.0. The molecule has 0 atom stereocenters. The normalized spacial score (nSPS) is 12.5. The van der Waals surface area contributed by atoms with Crippen LogP contribution in [0.1, 0.15) is 38.8 Å². The molecule has 0 saturated carbocycles. The van der Waals surface area contributed by atoms with E-state index in [0.29, 0.717) is 34.0 Å². The highest BCUT2D eigenvalue weighted by atomic mass is 16.5. The lowest BCUT2D eigenvalue weighted by molar-refractivity contribution is 0.0990. The zero-order valence-corrected chi connectivity index (χ0v) is 16.7. The van der Waals surface area contributed by atoms with Gasteiger partial charge < -0.3 is 15.0 Å². The first kappa shape index (κ1) is 18.7. The van der Waals surface area contributed by atoms with Crippen LogP contribution in [0.4, 0.5) is 11.4 Å². The molecule has 0 fully saturated rings. The molecule has 0 aromatic heterocycles. The van der Waals surface area contributed by atoms with E-state index in [-0.39, 0.29) is 11.8 Å². The third-order valence-electron chi connectivity index (χ3n) is 5.09.